The minimum absolute atomic E-state index is 0.0838. The second-order valence-corrected chi connectivity index (χ2v) is 9.62. The van der Waals surface area contributed by atoms with Gasteiger partial charge in [0.25, 0.3) is 5.91 Å². The van der Waals surface area contributed by atoms with Gasteiger partial charge in [-0.15, -0.1) is 0 Å². The van der Waals surface area contributed by atoms with E-state index in [1.807, 2.05) is 36.1 Å². The highest BCUT2D eigenvalue weighted by Crippen LogP contribution is 2.32. The lowest BCUT2D eigenvalue weighted by Crippen LogP contribution is -2.52. The Balaban J connectivity index is 1.45. The van der Waals surface area contributed by atoms with E-state index in [9.17, 15) is 4.79 Å². The summed E-state index contributed by atoms with van der Waals surface area (Å²) in [6.07, 6.45) is 0. The van der Waals surface area contributed by atoms with Gasteiger partial charge in [0.1, 0.15) is 0 Å². The Hall–Kier alpha value is -3.54. The fourth-order valence-electron chi connectivity index (χ4n) is 5.12. The van der Waals surface area contributed by atoms with Crippen LogP contribution in [-0.4, -0.2) is 66.6 Å². The normalized spacial score (nSPS) is 15.2. The van der Waals surface area contributed by atoms with Crippen LogP contribution in [0.3, 0.4) is 0 Å². The molecule has 1 amide bonds. The van der Waals surface area contributed by atoms with Gasteiger partial charge < -0.3 is 9.64 Å². The maximum Gasteiger partial charge on any atom is 0.253 e. The van der Waals surface area contributed by atoms with Crippen LogP contribution in [0, 0.1) is 6.92 Å². The van der Waals surface area contributed by atoms with Crippen molar-refractivity contribution in [2.45, 2.75) is 19.9 Å². The number of aryl methyl sites for hydroxylation is 1. The van der Waals surface area contributed by atoms with E-state index in [1.54, 1.807) is 7.11 Å². The lowest BCUT2D eigenvalue weighted by molar-refractivity contribution is 0.0449. The van der Waals surface area contributed by atoms with Gasteiger partial charge in [0, 0.05) is 56.0 Å². The Morgan fingerprint density at radius 2 is 1.61 bits per heavy atom. The van der Waals surface area contributed by atoms with Crippen LogP contribution in [0.25, 0.3) is 33.2 Å². The van der Waals surface area contributed by atoms with Crippen molar-refractivity contribution in [3.8, 4) is 22.3 Å². The molecule has 0 aliphatic carbocycles. The Morgan fingerprint density at radius 1 is 0.889 bits per heavy atom. The molecule has 5 rings (SSSR count). The van der Waals surface area contributed by atoms with Gasteiger partial charge in [-0.25, -0.2) is 0 Å². The van der Waals surface area contributed by atoms with Crippen LogP contribution in [-0.2, 0) is 4.74 Å². The average molecular weight is 480 g/mol. The second-order valence-electron chi connectivity index (χ2n) is 9.62. The van der Waals surface area contributed by atoms with E-state index >= 15 is 0 Å². The lowest BCUT2D eigenvalue weighted by atomic mass is 9.95. The first kappa shape index (κ1) is 24.2. The first-order chi connectivity index (χ1) is 17.5. The molecule has 1 fully saturated rings. The van der Waals surface area contributed by atoms with Gasteiger partial charge in [0.2, 0.25) is 0 Å². The van der Waals surface area contributed by atoms with Gasteiger partial charge >= 0.3 is 0 Å². The smallest absolute Gasteiger partial charge is 0.253 e. The maximum absolute atomic E-state index is 13.5. The van der Waals surface area contributed by atoms with E-state index < -0.39 is 0 Å². The van der Waals surface area contributed by atoms with Crippen molar-refractivity contribution in [2.24, 2.45) is 0 Å². The number of piperazine rings is 1. The third kappa shape index (κ3) is 5.03. The number of hydrogen-bond donors (Lipinski definition) is 0. The van der Waals surface area contributed by atoms with Gasteiger partial charge in [0.05, 0.1) is 12.1 Å². The first-order valence-electron chi connectivity index (χ1n) is 12.6. The summed E-state index contributed by atoms with van der Waals surface area (Å²) in [5.41, 5.74) is 7.16. The highest BCUT2D eigenvalue weighted by atomic mass is 16.5. The molecule has 1 aliphatic heterocycles. The second kappa shape index (κ2) is 10.6. The molecule has 2 heterocycles. The lowest BCUT2D eigenvalue weighted by Gasteiger charge is -2.37. The molecule has 36 heavy (non-hydrogen) atoms. The van der Waals surface area contributed by atoms with Crippen molar-refractivity contribution in [2.75, 3.05) is 39.9 Å². The molecular weight excluding hydrogens is 446 g/mol. The minimum atomic E-state index is 0.0838. The topological polar surface area (TPSA) is 45.7 Å². The highest BCUT2D eigenvalue weighted by Gasteiger charge is 2.25. The van der Waals surface area contributed by atoms with E-state index in [0.29, 0.717) is 18.2 Å². The Bertz CT molecular complexity index is 1360. The van der Waals surface area contributed by atoms with Gasteiger partial charge in [-0.3, -0.25) is 14.7 Å². The number of carbonyl (C=O) groups is 1. The summed E-state index contributed by atoms with van der Waals surface area (Å²) >= 11 is 0. The number of pyridine rings is 1. The monoisotopic (exact) mass is 479 g/mol. The molecule has 184 valence electrons. The van der Waals surface area contributed by atoms with E-state index in [4.69, 9.17) is 9.72 Å². The number of aromatic nitrogens is 1. The van der Waals surface area contributed by atoms with Gasteiger partial charge in [0.15, 0.2) is 0 Å². The van der Waals surface area contributed by atoms with Crippen molar-refractivity contribution in [3.05, 3.63) is 90.1 Å². The largest absolute Gasteiger partial charge is 0.383 e. The van der Waals surface area contributed by atoms with Gasteiger partial charge in [-0.1, -0.05) is 48.5 Å². The van der Waals surface area contributed by atoms with E-state index in [2.05, 4.69) is 66.4 Å². The van der Waals surface area contributed by atoms with Crippen LogP contribution in [0.2, 0.25) is 0 Å². The number of benzene rings is 3. The summed E-state index contributed by atoms with van der Waals surface area (Å²) in [5.74, 6) is 0.0838. The summed E-state index contributed by atoms with van der Waals surface area (Å²) in [7, 11) is 1.73. The summed E-state index contributed by atoms with van der Waals surface area (Å²) in [6, 6.07) is 27.4. The molecule has 0 N–H and O–H groups in total. The fourth-order valence-corrected chi connectivity index (χ4v) is 5.12. The molecule has 0 spiro atoms. The Morgan fingerprint density at radius 3 is 2.36 bits per heavy atom. The molecule has 0 bridgehead atoms. The van der Waals surface area contributed by atoms with Crippen molar-refractivity contribution in [1.29, 1.82) is 0 Å². The number of nitrogens with zero attached hydrogens (tertiary/aromatic N) is 3. The van der Waals surface area contributed by atoms with Crippen LogP contribution in [0.15, 0.2) is 78.9 Å². The third-order valence-electron chi connectivity index (χ3n) is 7.10. The molecular formula is C31H33N3O2. The van der Waals surface area contributed by atoms with Gasteiger partial charge in [-0.05, 0) is 66.4 Å². The van der Waals surface area contributed by atoms with Crippen LogP contribution in [0.4, 0.5) is 0 Å². The molecule has 5 heteroatoms. The highest BCUT2D eigenvalue weighted by molar-refractivity contribution is 6.02. The molecule has 1 unspecified atom stereocenters. The quantitative estimate of drug-likeness (QED) is 0.357. The Kier molecular flexibility index (Phi) is 7.12. The molecule has 3 aromatic carbocycles. The molecule has 1 aromatic heterocycles. The molecule has 0 radical (unpaired) electrons. The predicted molar refractivity (Wildman–Crippen MR) is 146 cm³/mol. The number of methoxy groups -OCH3 is 1. The van der Waals surface area contributed by atoms with Crippen LogP contribution in [0.1, 0.15) is 23.0 Å². The summed E-state index contributed by atoms with van der Waals surface area (Å²) in [5, 5.41) is 1.00. The number of fused-ring (bicyclic) bond motifs is 1. The number of carbonyl (C=O) groups excluding carboxylic acids is 1. The molecule has 0 saturated carbocycles. The predicted octanol–water partition coefficient (Wildman–Crippen LogP) is 5.67. The molecule has 1 aliphatic rings. The number of ether oxygens (including phenoxy) is 1. The van der Waals surface area contributed by atoms with Crippen LogP contribution >= 0.6 is 0 Å². The van der Waals surface area contributed by atoms with Crippen LogP contribution < -0.4 is 0 Å². The zero-order valence-corrected chi connectivity index (χ0v) is 21.3. The Labute approximate surface area is 213 Å². The molecule has 1 saturated heterocycles. The molecule has 4 aromatic rings. The minimum Gasteiger partial charge on any atom is -0.383 e. The van der Waals surface area contributed by atoms with Gasteiger partial charge in [-0.2, -0.15) is 0 Å². The van der Waals surface area contributed by atoms with E-state index in [0.717, 1.165) is 53.9 Å². The summed E-state index contributed by atoms with van der Waals surface area (Å²) in [6.45, 7) is 8.08. The third-order valence-corrected chi connectivity index (χ3v) is 7.10. The van der Waals surface area contributed by atoms with E-state index in [-0.39, 0.29) is 5.91 Å². The molecule has 5 nitrogen and oxygen atoms in total. The van der Waals surface area contributed by atoms with Crippen molar-refractivity contribution < 1.29 is 9.53 Å². The standard InChI is InChI=1S/C31H33N3O2/c1-22-18-28(26-11-7-10-25(19-26)24-8-5-4-6-9-24)29-20-27(12-13-30(29)32-22)31(35)34-16-14-33(15-17-34)23(2)21-36-3/h4-13,18-20,23H,14-17,21H2,1-3H3. The first-order valence-corrected chi connectivity index (χ1v) is 12.6. The fraction of sp³-hybridized carbons (Fsp3) is 0.290. The van der Waals surface area contributed by atoms with Crippen molar-refractivity contribution >= 4 is 16.8 Å². The van der Waals surface area contributed by atoms with Crippen molar-refractivity contribution in [1.82, 2.24) is 14.8 Å². The SMILES string of the molecule is COCC(C)N1CCN(C(=O)c2ccc3nc(C)cc(-c4cccc(-c5ccccc5)c4)c3c2)CC1. The maximum atomic E-state index is 13.5. The number of rotatable bonds is 6. The average Bonchev–Trinajstić information content (AvgIpc) is 2.93. The summed E-state index contributed by atoms with van der Waals surface area (Å²) in [4.78, 5) is 22.6. The zero-order chi connectivity index (χ0) is 25.1. The summed E-state index contributed by atoms with van der Waals surface area (Å²) < 4.78 is 5.30. The zero-order valence-electron chi connectivity index (χ0n) is 21.3. The number of hydrogen-bond acceptors (Lipinski definition) is 4. The van der Waals surface area contributed by atoms with E-state index in [1.165, 1.54) is 11.1 Å². The van der Waals surface area contributed by atoms with Crippen LogP contribution in [0.5, 0.6) is 0 Å². The van der Waals surface area contributed by atoms with Crippen molar-refractivity contribution in [3.63, 3.8) is 0 Å². The number of amides is 1. The molecule has 1 atom stereocenters.